The maximum absolute atomic E-state index is 13.7. The van der Waals surface area contributed by atoms with Gasteiger partial charge in [0, 0.05) is 34.6 Å². The SMILES string of the molecule is CC(C)CCN(CC(=O)N1CCc2sccc2[C@H]1COc1cccc(F)c1)C(=O)c1cccc(Cl)c1. The number of hydrogen-bond donors (Lipinski definition) is 0. The number of ether oxygens (including phenoxy) is 1. The zero-order valence-corrected chi connectivity index (χ0v) is 22.0. The molecular formula is C28H30ClFN2O3S. The molecule has 2 aromatic carbocycles. The lowest BCUT2D eigenvalue weighted by Crippen LogP contribution is -2.48. The van der Waals surface area contributed by atoms with E-state index in [2.05, 4.69) is 13.8 Å². The van der Waals surface area contributed by atoms with Crippen molar-refractivity contribution >= 4 is 34.8 Å². The monoisotopic (exact) mass is 528 g/mol. The molecule has 3 aromatic rings. The second-order valence-corrected chi connectivity index (χ2v) is 10.8. The summed E-state index contributed by atoms with van der Waals surface area (Å²) in [4.78, 5) is 31.6. The first-order valence-electron chi connectivity index (χ1n) is 12.1. The van der Waals surface area contributed by atoms with E-state index in [1.807, 2.05) is 11.4 Å². The highest BCUT2D eigenvalue weighted by Gasteiger charge is 2.33. The largest absolute Gasteiger partial charge is 0.491 e. The Morgan fingerprint density at radius 3 is 2.75 bits per heavy atom. The molecule has 0 unspecified atom stereocenters. The number of carbonyl (C=O) groups is 2. The summed E-state index contributed by atoms with van der Waals surface area (Å²) >= 11 is 7.78. The standard InChI is InChI=1S/C28H30ClFN2O3S/c1-19(2)9-12-31(28(34)20-5-3-6-21(29)15-20)17-27(33)32-13-10-26-24(11-14-36-26)25(32)18-35-23-8-4-7-22(30)16-23/h3-8,11,14-16,19,25H,9-10,12-13,17-18H2,1-2H3/t25-/m1/s1. The first-order chi connectivity index (χ1) is 17.3. The van der Waals surface area contributed by atoms with E-state index < -0.39 is 0 Å². The van der Waals surface area contributed by atoms with Crippen molar-refractivity contribution in [2.75, 3.05) is 26.2 Å². The fourth-order valence-corrected chi connectivity index (χ4v) is 5.45. The summed E-state index contributed by atoms with van der Waals surface area (Å²) in [6.07, 6.45) is 1.53. The Balaban J connectivity index is 1.53. The number of halogens is 2. The lowest BCUT2D eigenvalue weighted by molar-refractivity contribution is -0.135. The van der Waals surface area contributed by atoms with Crippen LogP contribution in [0.3, 0.4) is 0 Å². The molecule has 190 valence electrons. The first-order valence-corrected chi connectivity index (χ1v) is 13.4. The molecule has 8 heteroatoms. The molecule has 5 nitrogen and oxygen atoms in total. The lowest BCUT2D eigenvalue weighted by atomic mass is 10.00. The van der Waals surface area contributed by atoms with E-state index in [4.69, 9.17) is 16.3 Å². The Morgan fingerprint density at radius 1 is 1.19 bits per heavy atom. The van der Waals surface area contributed by atoms with Gasteiger partial charge >= 0.3 is 0 Å². The number of nitrogens with zero attached hydrogens (tertiary/aromatic N) is 2. The number of hydrogen-bond acceptors (Lipinski definition) is 4. The fourth-order valence-electron chi connectivity index (χ4n) is 4.33. The van der Waals surface area contributed by atoms with Gasteiger partial charge in [-0.3, -0.25) is 9.59 Å². The zero-order valence-electron chi connectivity index (χ0n) is 20.5. The molecule has 1 atom stereocenters. The van der Waals surface area contributed by atoms with E-state index in [1.54, 1.807) is 57.5 Å². The number of benzene rings is 2. The summed E-state index contributed by atoms with van der Waals surface area (Å²) in [6, 6.07) is 14.5. The van der Waals surface area contributed by atoms with Crippen LogP contribution in [0.2, 0.25) is 5.02 Å². The smallest absolute Gasteiger partial charge is 0.254 e. The van der Waals surface area contributed by atoms with E-state index in [1.165, 1.54) is 17.0 Å². The molecule has 0 radical (unpaired) electrons. The fraction of sp³-hybridized carbons (Fsp3) is 0.357. The van der Waals surface area contributed by atoms with Crippen LogP contribution in [0.25, 0.3) is 0 Å². The van der Waals surface area contributed by atoms with Crippen LogP contribution < -0.4 is 4.74 Å². The van der Waals surface area contributed by atoms with Gasteiger partial charge in [0.15, 0.2) is 0 Å². The highest BCUT2D eigenvalue weighted by molar-refractivity contribution is 7.10. The molecule has 1 aromatic heterocycles. The van der Waals surface area contributed by atoms with Crippen LogP contribution in [-0.4, -0.2) is 47.9 Å². The quantitative estimate of drug-likeness (QED) is 0.330. The Hall–Kier alpha value is -2.90. The van der Waals surface area contributed by atoms with Gasteiger partial charge in [0.1, 0.15) is 24.7 Å². The number of fused-ring (bicyclic) bond motifs is 1. The van der Waals surface area contributed by atoms with Gasteiger partial charge < -0.3 is 14.5 Å². The van der Waals surface area contributed by atoms with Crippen molar-refractivity contribution in [3.63, 3.8) is 0 Å². The van der Waals surface area contributed by atoms with Crippen LogP contribution in [0.5, 0.6) is 5.75 Å². The highest BCUT2D eigenvalue weighted by atomic mass is 35.5. The molecule has 4 rings (SSSR count). The molecule has 0 aliphatic carbocycles. The maximum Gasteiger partial charge on any atom is 0.254 e. The summed E-state index contributed by atoms with van der Waals surface area (Å²) in [6.45, 7) is 5.35. The molecule has 0 fully saturated rings. The van der Waals surface area contributed by atoms with Crippen molar-refractivity contribution in [1.82, 2.24) is 9.80 Å². The summed E-state index contributed by atoms with van der Waals surface area (Å²) in [5, 5.41) is 2.50. The van der Waals surface area contributed by atoms with Gasteiger partial charge in [0.25, 0.3) is 5.91 Å². The molecule has 0 N–H and O–H groups in total. The predicted octanol–water partition coefficient (Wildman–Crippen LogP) is 6.23. The molecule has 36 heavy (non-hydrogen) atoms. The van der Waals surface area contributed by atoms with Gasteiger partial charge in [-0.2, -0.15) is 0 Å². The molecule has 1 aliphatic rings. The second-order valence-electron chi connectivity index (χ2n) is 9.34. The minimum atomic E-state index is -0.374. The molecular weight excluding hydrogens is 499 g/mol. The molecule has 2 heterocycles. The third kappa shape index (κ3) is 6.45. The van der Waals surface area contributed by atoms with Gasteiger partial charge in [0.05, 0.1) is 6.04 Å². The Bertz CT molecular complexity index is 1210. The average molecular weight is 529 g/mol. The van der Waals surface area contributed by atoms with Crippen LogP contribution in [-0.2, 0) is 11.2 Å². The van der Waals surface area contributed by atoms with Crippen molar-refractivity contribution in [3.8, 4) is 5.75 Å². The molecule has 2 amide bonds. The number of rotatable bonds is 9. The van der Waals surface area contributed by atoms with Crippen LogP contribution in [0.1, 0.15) is 47.1 Å². The van der Waals surface area contributed by atoms with Crippen molar-refractivity contribution in [1.29, 1.82) is 0 Å². The summed E-state index contributed by atoms with van der Waals surface area (Å²) in [5.74, 6) is 0.0664. The van der Waals surface area contributed by atoms with Gasteiger partial charge in [-0.05, 0) is 66.1 Å². The van der Waals surface area contributed by atoms with Gasteiger partial charge in [-0.15, -0.1) is 11.3 Å². The minimum absolute atomic E-state index is 0.0337. The maximum atomic E-state index is 13.7. The van der Waals surface area contributed by atoms with E-state index in [0.29, 0.717) is 35.3 Å². The van der Waals surface area contributed by atoms with Crippen molar-refractivity contribution < 1.29 is 18.7 Å². The van der Waals surface area contributed by atoms with E-state index >= 15 is 0 Å². The Labute approximate surface area is 220 Å². The second kappa shape index (κ2) is 11.9. The average Bonchev–Trinajstić information content (AvgIpc) is 3.33. The number of thiophene rings is 1. The molecule has 0 spiro atoms. The molecule has 0 saturated heterocycles. The third-order valence-corrected chi connectivity index (χ3v) is 7.51. The predicted molar refractivity (Wildman–Crippen MR) is 141 cm³/mol. The van der Waals surface area contributed by atoms with Crippen LogP contribution in [0.4, 0.5) is 4.39 Å². The number of carbonyl (C=O) groups excluding carboxylic acids is 2. The van der Waals surface area contributed by atoms with Crippen molar-refractivity contribution in [2.24, 2.45) is 5.92 Å². The normalized spacial score (nSPS) is 15.0. The summed E-state index contributed by atoms with van der Waals surface area (Å²) in [5.41, 5.74) is 1.51. The Kier molecular flexibility index (Phi) is 8.64. The van der Waals surface area contributed by atoms with E-state index in [-0.39, 0.29) is 36.8 Å². The topological polar surface area (TPSA) is 49.9 Å². The summed E-state index contributed by atoms with van der Waals surface area (Å²) < 4.78 is 19.6. The summed E-state index contributed by atoms with van der Waals surface area (Å²) in [7, 11) is 0. The molecule has 1 aliphatic heterocycles. The first kappa shape index (κ1) is 26.2. The van der Waals surface area contributed by atoms with Crippen LogP contribution in [0, 0.1) is 11.7 Å². The van der Waals surface area contributed by atoms with Crippen molar-refractivity contribution in [3.05, 3.63) is 86.8 Å². The van der Waals surface area contributed by atoms with Crippen LogP contribution >= 0.6 is 22.9 Å². The molecule has 0 bridgehead atoms. The van der Waals surface area contributed by atoms with Gasteiger partial charge in [-0.25, -0.2) is 4.39 Å². The van der Waals surface area contributed by atoms with Crippen molar-refractivity contribution in [2.45, 2.75) is 32.7 Å². The van der Waals surface area contributed by atoms with E-state index in [9.17, 15) is 14.0 Å². The van der Waals surface area contributed by atoms with E-state index in [0.717, 1.165) is 18.4 Å². The lowest BCUT2D eigenvalue weighted by Gasteiger charge is -2.37. The Morgan fingerprint density at radius 2 is 2.00 bits per heavy atom. The third-order valence-electron chi connectivity index (χ3n) is 6.28. The van der Waals surface area contributed by atoms with Gasteiger partial charge in [-0.1, -0.05) is 37.6 Å². The number of amides is 2. The highest BCUT2D eigenvalue weighted by Crippen LogP contribution is 2.34. The minimum Gasteiger partial charge on any atom is -0.491 e. The molecule has 0 saturated carbocycles. The van der Waals surface area contributed by atoms with Crippen LogP contribution in [0.15, 0.2) is 60.0 Å². The zero-order chi connectivity index (χ0) is 25.7. The van der Waals surface area contributed by atoms with Gasteiger partial charge in [0.2, 0.25) is 5.91 Å².